The SMILES string of the molecule is CC(Nc1c(F)cccc1Cl)c1ccc(C#N)cc1. The third-order valence-electron chi connectivity index (χ3n) is 2.86. The van der Waals surface area contributed by atoms with Crippen LogP contribution < -0.4 is 5.32 Å². The molecule has 2 nitrogen and oxygen atoms in total. The van der Waals surface area contributed by atoms with Crippen LogP contribution in [-0.2, 0) is 0 Å². The average molecular weight is 275 g/mol. The zero-order valence-electron chi connectivity index (χ0n) is 10.3. The smallest absolute Gasteiger partial charge is 0.147 e. The molecule has 0 aliphatic rings. The molecule has 0 fully saturated rings. The van der Waals surface area contributed by atoms with E-state index in [0.29, 0.717) is 16.3 Å². The Hall–Kier alpha value is -2.05. The molecule has 0 aliphatic carbocycles. The van der Waals surface area contributed by atoms with Gasteiger partial charge in [-0.05, 0) is 36.8 Å². The van der Waals surface area contributed by atoms with Crippen LogP contribution in [-0.4, -0.2) is 0 Å². The van der Waals surface area contributed by atoms with Crippen LogP contribution in [0.3, 0.4) is 0 Å². The van der Waals surface area contributed by atoms with E-state index < -0.39 is 0 Å². The third-order valence-corrected chi connectivity index (χ3v) is 3.18. The number of hydrogen-bond acceptors (Lipinski definition) is 2. The minimum absolute atomic E-state index is 0.109. The second-order valence-corrected chi connectivity index (χ2v) is 4.60. The lowest BCUT2D eigenvalue weighted by Crippen LogP contribution is -2.08. The summed E-state index contributed by atoms with van der Waals surface area (Å²) in [7, 11) is 0. The zero-order valence-corrected chi connectivity index (χ0v) is 11.1. The fraction of sp³-hybridized carbons (Fsp3) is 0.133. The van der Waals surface area contributed by atoms with Gasteiger partial charge in [-0.25, -0.2) is 4.39 Å². The van der Waals surface area contributed by atoms with Crippen LogP contribution in [0.4, 0.5) is 10.1 Å². The topological polar surface area (TPSA) is 35.8 Å². The van der Waals surface area contributed by atoms with Crippen molar-refractivity contribution in [3.8, 4) is 6.07 Å². The lowest BCUT2D eigenvalue weighted by molar-refractivity contribution is 0.627. The number of halogens is 2. The second kappa shape index (κ2) is 5.73. The Morgan fingerprint density at radius 1 is 1.21 bits per heavy atom. The third kappa shape index (κ3) is 3.04. The lowest BCUT2D eigenvalue weighted by Gasteiger charge is -2.17. The highest BCUT2D eigenvalue weighted by atomic mass is 35.5. The summed E-state index contributed by atoms with van der Waals surface area (Å²) in [6.07, 6.45) is 0. The number of anilines is 1. The molecule has 96 valence electrons. The van der Waals surface area contributed by atoms with E-state index in [2.05, 4.69) is 11.4 Å². The first-order chi connectivity index (χ1) is 9.11. The molecule has 0 heterocycles. The van der Waals surface area contributed by atoms with Crippen LogP contribution in [0, 0.1) is 17.1 Å². The lowest BCUT2D eigenvalue weighted by atomic mass is 10.1. The summed E-state index contributed by atoms with van der Waals surface area (Å²) >= 11 is 5.96. The molecular formula is C15H12ClFN2. The summed E-state index contributed by atoms with van der Waals surface area (Å²) in [6, 6.07) is 13.7. The molecule has 0 aliphatic heterocycles. The monoisotopic (exact) mass is 274 g/mol. The van der Waals surface area contributed by atoms with Crippen molar-refractivity contribution >= 4 is 17.3 Å². The number of nitrogens with zero attached hydrogens (tertiary/aromatic N) is 1. The van der Waals surface area contributed by atoms with E-state index in [1.54, 1.807) is 24.3 Å². The summed E-state index contributed by atoms with van der Waals surface area (Å²) in [5.74, 6) is -0.381. The Kier molecular flexibility index (Phi) is 4.03. The molecular weight excluding hydrogens is 263 g/mol. The molecule has 0 saturated carbocycles. The summed E-state index contributed by atoms with van der Waals surface area (Å²) in [5, 5.41) is 12.1. The van der Waals surface area contributed by atoms with Crippen LogP contribution in [0.25, 0.3) is 0 Å². The van der Waals surface area contributed by atoms with Gasteiger partial charge in [0.1, 0.15) is 5.82 Å². The molecule has 0 aromatic heterocycles. The summed E-state index contributed by atoms with van der Waals surface area (Å²) in [4.78, 5) is 0. The minimum atomic E-state index is -0.381. The van der Waals surface area contributed by atoms with Crippen molar-refractivity contribution in [2.75, 3.05) is 5.32 Å². The van der Waals surface area contributed by atoms with Crippen LogP contribution >= 0.6 is 11.6 Å². The van der Waals surface area contributed by atoms with Gasteiger partial charge < -0.3 is 5.32 Å². The highest BCUT2D eigenvalue weighted by Gasteiger charge is 2.11. The van der Waals surface area contributed by atoms with Crippen LogP contribution in [0.15, 0.2) is 42.5 Å². The first-order valence-corrected chi connectivity index (χ1v) is 6.20. The van der Waals surface area contributed by atoms with E-state index >= 15 is 0 Å². The molecule has 0 saturated heterocycles. The van der Waals surface area contributed by atoms with Gasteiger partial charge >= 0.3 is 0 Å². The highest BCUT2D eigenvalue weighted by molar-refractivity contribution is 6.33. The molecule has 2 aromatic carbocycles. The number of para-hydroxylation sites is 1. The molecule has 2 rings (SSSR count). The Morgan fingerprint density at radius 2 is 1.89 bits per heavy atom. The molecule has 0 spiro atoms. The average Bonchev–Trinajstić information content (AvgIpc) is 2.43. The molecule has 0 radical (unpaired) electrons. The fourth-order valence-corrected chi connectivity index (χ4v) is 2.00. The molecule has 1 N–H and O–H groups in total. The normalized spacial score (nSPS) is 11.7. The van der Waals surface area contributed by atoms with E-state index in [1.807, 2.05) is 19.1 Å². The number of nitrogens with one attached hydrogen (secondary N) is 1. The van der Waals surface area contributed by atoms with Crippen molar-refractivity contribution in [3.63, 3.8) is 0 Å². The maximum atomic E-state index is 13.7. The molecule has 4 heteroatoms. The van der Waals surface area contributed by atoms with E-state index in [1.165, 1.54) is 6.07 Å². The summed E-state index contributed by atoms with van der Waals surface area (Å²) < 4.78 is 13.7. The van der Waals surface area contributed by atoms with Gasteiger partial charge in [0.2, 0.25) is 0 Å². The van der Waals surface area contributed by atoms with E-state index in [-0.39, 0.29) is 11.9 Å². The quantitative estimate of drug-likeness (QED) is 0.893. The van der Waals surface area contributed by atoms with Gasteiger partial charge in [-0.15, -0.1) is 0 Å². The number of nitriles is 1. The Balaban J connectivity index is 2.21. The van der Waals surface area contributed by atoms with Crippen LogP contribution in [0.5, 0.6) is 0 Å². The largest absolute Gasteiger partial charge is 0.375 e. The fourth-order valence-electron chi connectivity index (χ4n) is 1.78. The number of hydrogen-bond donors (Lipinski definition) is 1. The van der Waals surface area contributed by atoms with Gasteiger partial charge in [-0.1, -0.05) is 29.8 Å². The Bertz CT molecular complexity index is 597. The van der Waals surface area contributed by atoms with E-state index in [4.69, 9.17) is 16.9 Å². The Labute approximate surface area is 116 Å². The summed E-state index contributed by atoms with van der Waals surface area (Å²) in [6.45, 7) is 1.91. The predicted octanol–water partition coefficient (Wildman–Crippen LogP) is 4.52. The van der Waals surface area contributed by atoms with Crippen LogP contribution in [0.2, 0.25) is 5.02 Å². The predicted molar refractivity (Wildman–Crippen MR) is 74.6 cm³/mol. The first kappa shape index (κ1) is 13.4. The molecule has 0 bridgehead atoms. The molecule has 2 aromatic rings. The Morgan fingerprint density at radius 3 is 2.47 bits per heavy atom. The molecule has 19 heavy (non-hydrogen) atoms. The van der Waals surface area contributed by atoms with E-state index in [0.717, 1.165) is 5.56 Å². The molecule has 1 unspecified atom stereocenters. The van der Waals surface area contributed by atoms with E-state index in [9.17, 15) is 4.39 Å². The van der Waals surface area contributed by atoms with Crippen molar-refractivity contribution in [1.29, 1.82) is 5.26 Å². The van der Waals surface area contributed by atoms with Crippen molar-refractivity contribution < 1.29 is 4.39 Å². The first-order valence-electron chi connectivity index (χ1n) is 5.82. The van der Waals surface area contributed by atoms with Crippen molar-refractivity contribution in [1.82, 2.24) is 0 Å². The zero-order chi connectivity index (χ0) is 13.8. The second-order valence-electron chi connectivity index (χ2n) is 4.20. The van der Waals surface area contributed by atoms with Gasteiger partial charge in [-0.3, -0.25) is 0 Å². The van der Waals surface area contributed by atoms with Crippen molar-refractivity contribution in [2.24, 2.45) is 0 Å². The van der Waals surface area contributed by atoms with Crippen molar-refractivity contribution in [3.05, 3.63) is 64.4 Å². The molecule has 0 amide bonds. The minimum Gasteiger partial charge on any atom is -0.375 e. The van der Waals surface area contributed by atoms with Gasteiger partial charge in [-0.2, -0.15) is 5.26 Å². The van der Waals surface area contributed by atoms with Gasteiger partial charge in [0, 0.05) is 6.04 Å². The number of benzene rings is 2. The summed E-state index contributed by atoms with van der Waals surface area (Å²) in [5.41, 5.74) is 1.85. The van der Waals surface area contributed by atoms with Crippen molar-refractivity contribution in [2.45, 2.75) is 13.0 Å². The highest BCUT2D eigenvalue weighted by Crippen LogP contribution is 2.28. The molecule has 1 atom stereocenters. The van der Waals surface area contributed by atoms with Crippen LogP contribution in [0.1, 0.15) is 24.1 Å². The van der Waals surface area contributed by atoms with Gasteiger partial charge in [0.25, 0.3) is 0 Å². The standard InChI is InChI=1S/C15H12ClFN2/c1-10(12-7-5-11(9-18)6-8-12)19-15-13(16)3-2-4-14(15)17/h2-8,10,19H,1H3. The maximum absolute atomic E-state index is 13.7. The number of rotatable bonds is 3. The maximum Gasteiger partial charge on any atom is 0.147 e. The van der Waals surface area contributed by atoms with Gasteiger partial charge in [0.05, 0.1) is 22.3 Å². The van der Waals surface area contributed by atoms with Gasteiger partial charge in [0.15, 0.2) is 0 Å².